The summed E-state index contributed by atoms with van der Waals surface area (Å²) < 4.78 is 29.9. The molecule has 0 aromatic heterocycles. The van der Waals surface area contributed by atoms with Gasteiger partial charge in [-0.1, -0.05) is 71.4 Å². The molecule has 2 saturated heterocycles. The van der Waals surface area contributed by atoms with Gasteiger partial charge in [0.1, 0.15) is 6.04 Å². The molecule has 0 spiro atoms. The predicted molar refractivity (Wildman–Crippen MR) is 208 cm³/mol. The summed E-state index contributed by atoms with van der Waals surface area (Å²) in [6.07, 6.45) is 4.37. The van der Waals surface area contributed by atoms with Crippen molar-refractivity contribution in [2.75, 3.05) is 34.9 Å². The molecule has 2 heterocycles. The second kappa shape index (κ2) is 20.3. The molecule has 4 amide bonds. The van der Waals surface area contributed by atoms with Gasteiger partial charge in [0.05, 0.1) is 49.8 Å². The second-order valence-electron chi connectivity index (χ2n) is 15.9. The van der Waals surface area contributed by atoms with Gasteiger partial charge in [-0.25, -0.2) is 0 Å². The molecule has 3 aliphatic rings. The lowest BCUT2D eigenvalue weighted by Gasteiger charge is -2.41. The summed E-state index contributed by atoms with van der Waals surface area (Å²) in [5.74, 6) is -2.09. The molecule has 3 fully saturated rings. The Labute approximate surface area is 323 Å². The maximum atomic E-state index is 14.2. The molecule has 2 aliphatic heterocycles. The van der Waals surface area contributed by atoms with E-state index in [0.29, 0.717) is 31.3 Å². The van der Waals surface area contributed by atoms with Crippen molar-refractivity contribution in [1.29, 1.82) is 0 Å². The zero-order valence-corrected chi connectivity index (χ0v) is 34.7. The summed E-state index contributed by atoms with van der Waals surface area (Å²) in [7, 11) is 4.03. The van der Waals surface area contributed by atoms with Crippen molar-refractivity contribution in [3.8, 4) is 0 Å². The van der Waals surface area contributed by atoms with E-state index in [1.807, 2.05) is 51.1 Å². The summed E-state index contributed by atoms with van der Waals surface area (Å²) in [6.45, 7) is 10.2. The van der Waals surface area contributed by atoms with Gasteiger partial charge >= 0.3 is 8.03 Å². The molecule has 1 aliphatic carbocycles. The number of hydrogen-bond donors (Lipinski definition) is 3. The van der Waals surface area contributed by atoms with Crippen molar-refractivity contribution in [3.05, 3.63) is 35.9 Å². The van der Waals surface area contributed by atoms with Crippen molar-refractivity contribution in [1.82, 2.24) is 25.8 Å². The lowest BCUT2D eigenvalue weighted by molar-refractivity contribution is -0.147. The smallest absolute Gasteiger partial charge is 0.379 e. The van der Waals surface area contributed by atoms with Crippen LogP contribution < -0.4 is 16.0 Å². The Hall–Kier alpha value is -2.96. The normalized spacial score (nSPS) is 25.0. The monoisotopic (exact) mass is 774 g/mol. The Morgan fingerprint density at radius 1 is 1.00 bits per heavy atom. The van der Waals surface area contributed by atoms with Crippen LogP contribution in [0.3, 0.4) is 0 Å². The van der Waals surface area contributed by atoms with Crippen LogP contribution >= 0.6 is 8.03 Å². The lowest BCUT2D eigenvalue weighted by atomic mass is 9.89. The minimum atomic E-state index is -2.18. The van der Waals surface area contributed by atoms with E-state index in [4.69, 9.17) is 14.0 Å². The third-order valence-corrected chi connectivity index (χ3v) is 13.3. The van der Waals surface area contributed by atoms with E-state index < -0.39 is 44.0 Å². The van der Waals surface area contributed by atoms with Gasteiger partial charge in [0.25, 0.3) is 5.78 Å². The van der Waals surface area contributed by atoms with Gasteiger partial charge in [-0.05, 0) is 60.0 Å². The number of likely N-dealkylation sites (tertiary alicyclic amines) is 1. The predicted octanol–water partition coefficient (Wildman–Crippen LogP) is 4.26. The summed E-state index contributed by atoms with van der Waals surface area (Å²) in [6, 6.07) is 8.05. The molecule has 54 heavy (non-hydrogen) atoms. The summed E-state index contributed by atoms with van der Waals surface area (Å²) >= 11 is 0. The number of rotatable bonds is 20. The Morgan fingerprint density at radius 2 is 1.70 bits per heavy atom. The lowest BCUT2D eigenvalue weighted by Crippen LogP contribution is -2.59. The second-order valence-corrected chi connectivity index (χ2v) is 17.5. The largest absolute Gasteiger partial charge is 0.533 e. The number of carbonyl (C=O) groups excluding carboxylic acids is 4. The van der Waals surface area contributed by atoms with Crippen LogP contribution in [-0.2, 0) is 44.2 Å². The average Bonchev–Trinajstić information content (AvgIpc) is 3.95. The molecule has 1 aromatic carbocycles. The maximum absolute atomic E-state index is 14.2. The minimum Gasteiger partial charge on any atom is -0.379 e. The van der Waals surface area contributed by atoms with Gasteiger partial charge in [0.2, 0.25) is 23.6 Å². The summed E-state index contributed by atoms with van der Waals surface area (Å²) in [4.78, 5) is 59.0. The highest BCUT2D eigenvalue weighted by Crippen LogP contribution is 2.36. The molecule has 12 atom stereocenters. The number of nitrogens with zero attached hydrogens (tertiary/aromatic N) is 2. The molecule has 1 saturated carbocycles. The molecule has 2 bridgehead atoms. The third kappa shape index (κ3) is 10.5. The van der Waals surface area contributed by atoms with Crippen LogP contribution in [0.15, 0.2) is 30.3 Å². The standard InChI is InChI=1S/C40H64N5O8P/c1-10-25(4)36(44(6)40(49)34(24(2)3)43-39(48)35-28-18-19-29(22-28)41-35)31(51-7)23-33(46)45-20-14-17-30(45)37(52-8)26(5)38(47)42-32(54(50)53-9)21-27-15-12-11-13-16-27/h11-13,15-16,24-26,28-32,34-37,41H,10,14,17-23H2,1-9H3,(H-,42,43,47,48)/p+1/t25-,26+,28-,29+,30-,31+,32+,34-,35-,36-,37+/m0/s1. The van der Waals surface area contributed by atoms with Crippen LogP contribution in [0.2, 0.25) is 0 Å². The highest BCUT2D eigenvalue weighted by atomic mass is 31.1. The number of nitrogens with one attached hydrogen (secondary N) is 3. The van der Waals surface area contributed by atoms with E-state index in [1.165, 1.54) is 7.11 Å². The Morgan fingerprint density at radius 3 is 2.26 bits per heavy atom. The average molecular weight is 775 g/mol. The molecule has 3 N–H and O–H groups in total. The molecule has 1 unspecified atom stereocenters. The van der Waals surface area contributed by atoms with Crippen LogP contribution in [0.4, 0.5) is 0 Å². The number of likely N-dealkylation sites (N-methyl/N-ethyl adjacent to an activating group) is 1. The van der Waals surface area contributed by atoms with Crippen LogP contribution in [0.25, 0.3) is 0 Å². The number of carbonyl (C=O) groups is 4. The Balaban J connectivity index is 1.45. The van der Waals surface area contributed by atoms with Crippen molar-refractivity contribution in [2.45, 2.75) is 134 Å². The summed E-state index contributed by atoms with van der Waals surface area (Å²) in [5, 5.41) is 9.44. The van der Waals surface area contributed by atoms with Gasteiger partial charge in [-0.2, -0.15) is 0 Å². The van der Waals surface area contributed by atoms with Crippen molar-refractivity contribution in [3.63, 3.8) is 0 Å². The first-order chi connectivity index (χ1) is 25.8. The van der Waals surface area contributed by atoms with Crippen molar-refractivity contribution < 1.29 is 37.7 Å². The first-order valence-electron chi connectivity index (χ1n) is 19.8. The summed E-state index contributed by atoms with van der Waals surface area (Å²) in [5.41, 5.74) is 0.917. The molecule has 302 valence electrons. The molecule has 14 heteroatoms. The Bertz CT molecular complexity index is 1430. The van der Waals surface area contributed by atoms with Gasteiger partial charge in [0, 0.05) is 40.3 Å². The van der Waals surface area contributed by atoms with Crippen LogP contribution in [0, 0.1) is 23.7 Å². The number of ether oxygens (including phenoxy) is 2. The van der Waals surface area contributed by atoms with E-state index in [1.54, 1.807) is 38.0 Å². The van der Waals surface area contributed by atoms with Gasteiger partial charge in [-0.15, -0.1) is 4.52 Å². The van der Waals surface area contributed by atoms with Gasteiger partial charge in [0.15, 0.2) is 0 Å². The zero-order chi connectivity index (χ0) is 39.7. The number of fused-ring (bicyclic) bond motifs is 2. The molecule has 4 rings (SSSR count). The van der Waals surface area contributed by atoms with Gasteiger partial charge in [-0.3, -0.25) is 19.2 Å². The van der Waals surface area contributed by atoms with Crippen LogP contribution in [0.1, 0.15) is 85.1 Å². The van der Waals surface area contributed by atoms with Crippen molar-refractivity contribution in [2.24, 2.45) is 23.7 Å². The van der Waals surface area contributed by atoms with Crippen molar-refractivity contribution >= 4 is 31.7 Å². The van der Waals surface area contributed by atoms with E-state index in [9.17, 15) is 23.7 Å². The van der Waals surface area contributed by atoms with E-state index in [-0.39, 0.29) is 54.0 Å². The highest BCUT2D eigenvalue weighted by Gasteiger charge is 2.46. The number of amides is 4. The first-order valence-corrected chi connectivity index (χ1v) is 21.0. The number of methoxy groups -OCH3 is 2. The van der Waals surface area contributed by atoms with E-state index >= 15 is 0 Å². The Kier molecular flexibility index (Phi) is 16.4. The topological polar surface area (TPSA) is 156 Å². The maximum Gasteiger partial charge on any atom is 0.533 e. The van der Waals surface area contributed by atoms with Crippen LogP contribution in [-0.4, -0.2) is 117 Å². The van der Waals surface area contributed by atoms with E-state index in [0.717, 1.165) is 37.7 Å². The third-order valence-electron chi connectivity index (χ3n) is 12.1. The minimum absolute atomic E-state index is 0.0142. The number of hydrogen-bond acceptors (Lipinski definition) is 9. The quantitative estimate of drug-likeness (QED) is 0.165. The number of benzene rings is 1. The fraction of sp³-hybridized carbons (Fsp3) is 0.750. The SMILES string of the molecule is CC[C@H](C)[C@@H]([C@@H](CC(=O)N1CCC[C@H]1[C@H](OC)[C@@H](C)C(=O)N[C@@H](Cc1ccccc1)[P+](=O)OC)OC)N(C)C(=O)[C@@H](NC(=O)[C@H]1N[C@@H]2CC[C@H]1C2)C(C)C. The van der Waals surface area contributed by atoms with Gasteiger partial charge < -0.3 is 35.2 Å². The number of piperidine rings is 1. The first kappa shape index (κ1) is 43.8. The zero-order valence-electron chi connectivity index (χ0n) is 33.8. The molecular weight excluding hydrogens is 709 g/mol. The fourth-order valence-corrected chi connectivity index (χ4v) is 9.72. The van der Waals surface area contributed by atoms with E-state index in [2.05, 4.69) is 22.9 Å². The molecule has 13 nitrogen and oxygen atoms in total. The van der Waals surface area contributed by atoms with Crippen LogP contribution in [0.5, 0.6) is 0 Å². The fourth-order valence-electron chi connectivity index (χ4n) is 8.87. The highest BCUT2D eigenvalue weighted by molar-refractivity contribution is 7.40. The molecule has 1 aromatic rings. The molecule has 0 radical (unpaired) electrons. The molecular formula is C40H65N5O8P+.